The minimum Gasteiger partial charge on any atom is -0.478 e. The standard InChI is InChI=1S/C13H10F2N2O2/c14-11-9(13(18)19)4-5-10(12(11)15)17-8-3-1-2-7(16)6-8/h1-6,17H,16H2,(H,18,19). The molecular weight excluding hydrogens is 254 g/mol. The van der Waals surface area contributed by atoms with Crippen LogP contribution in [0.4, 0.5) is 25.8 Å². The zero-order chi connectivity index (χ0) is 14.0. The highest BCUT2D eigenvalue weighted by Gasteiger charge is 2.17. The molecule has 2 aromatic carbocycles. The second-order valence-corrected chi connectivity index (χ2v) is 3.84. The van der Waals surface area contributed by atoms with E-state index in [1.807, 2.05) is 0 Å². The van der Waals surface area contributed by atoms with Crippen molar-refractivity contribution in [1.29, 1.82) is 0 Å². The van der Waals surface area contributed by atoms with Crippen LogP contribution in [0, 0.1) is 11.6 Å². The molecule has 0 atom stereocenters. The Kier molecular flexibility index (Phi) is 3.33. The number of halogens is 2. The van der Waals surface area contributed by atoms with Gasteiger partial charge in [0.05, 0.1) is 11.3 Å². The van der Waals surface area contributed by atoms with E-state index in [0.717, 1.165) is 12.1 Å². The fourth-order valence-corrected chi connectivity index (χ4v) is 1.58. The SMILES string of the molecule is Nc1cccc(Nc2ccc(C(=O)O)c(F)c2F)c1. The third kappa shape index (κ3) is 2.62. The number of hydrogen-bond donors (Lipinski definition) is 3. The summed E-state index contributed by atoms with van der Waals surface area (Å²) in [7, 11) is 0. The van der Waals surface area contributed by atoms with Crippen molar-refractivity contribution in [2.45, 2.75) is 0 Å². The number of nitrogens with two attached hydrogens (primary N) is 1. The molecule has 0 radical (unpaired) electrons. The van der Waals surface area contributed by atoms with E-state index >= 15 is 0 Å². The summed E-state index contributed by atoms with van der Waals surface area (Å²) >= 11 is 0. The molecule has 0 aromatic heterocycles. The summed E-state index contributed by atoms with van der Waals surface area (Å²) in [6.07, 6.45) is 0. The van der Waals surface area contributed by atoms with Crippen molar-refractivity contribution >= 4 is 23.0 Å². The molecule has 0 aliphatic carbocycles. The maximum Gasteiger partial charge on any atom is 0.338 e. The number of carbonyl (C=O) groups is 1. The third-order valence-corrected chi connectivity index (χ3v) is 2.48. The molecule has 0 spiro atoms. The summed E-state index contributed by atoms with van der Waals surface area (Å²) in [5, 5.41) is 11.3. The zero-order valence-electron chi connectivity index (χ0n) is 9.65. The van der Waals surface area contributed by atoms with Gasteiger partial charge in [-0.25, -0.2) is 13.6 Å². The van der Waals surface area contributed by atoms with Gasteiger partial charge < -0.3 is 16.2 Å². The average Bonchev–Trinajstić information content (AvgIpc) is 2.35. The van der Waals surface area contributed by atoms with Crippen LogP contribution < -0.4 is 11.1 Å². The van der Waals surface area contributed by atoms with Gasteiger partial charge in [0.1, 0.15) is 0 Å². The van der Waals surface area contributed by atoms with Crippen LogP contribution in [0.25, 0.3) is 0 Å². The van der Waals surface area contributed by atoms with Gasteiger partial charge in [-0.2, -0.15) is 0 Å². The van der Waals surface area contributed by atoms with E-state index in [1.54, 1.807) is 24.3 Å². The lowest BCUT2D eigenvalue weighted by molar-refractivity contribution is 0.0690. The van der Waals surface area contributed by atoms with Crippen LogP contribution in [-0.2, 0) is 0 Å². The summed E-state index contributed by atoms with van der Waals surface area (Å²) < 4.78 is 27.2. The van der Waals surface area contributed by atoms with Gasteiger partial charge >= 0.3 is 5.97 Å². The summed E-state index contributed by atoms with van der Waals surface area (Å²) in [5.74, 6) is -4.17. The number of rotatable bonds is 3. The number of nitrogens with one attached hydrogen (secondary N) is 1. The Balaban J connectivity index is 2.37. The topological polar surface area (TPSA) is 75.3 Å². The first-order valence-electron chi connectivity index (χ1n) is 5.33. The normalized spacial score (nSPS) is 10.2. The van der Waals surface area contributed by atoms with E-state index in [4.69, 9.17) is 10.8 Å². The van der Waals surface area contributed by atoms with Crippen molar-refractivity contribution < 1.29 is 18.7 Å². The zero-order valence-corrected chi connectivity index (χ0v) is 9.65. The Hall–Kier alpha value is -2.63. The molecule has 4 N–H and O–H groups in total. The fourth-order valence-electron chi connectivity index (χ4n) is 1.58. The third-order valence-electron chi connectivity index (χ3n) is 2.48. The monoisotopic (exact) mass is 264 g/mol. The van der Waals surface area contributed by atoms with Crippen LogP contribution in [0.3, 0.4) is 0 Å². The van der Waals surface area contributed by atoms with Crippen LogP contribution in [0.15, 0.2) is 36.4 Å². The van der Waals surface area contributed by atoms with Crippen LogP contribution in [0.2, 0.25) is 0 Å². The van der Waals surface area contributed by atoms with Crippen molar-refractivity contribution in [3.05, 3.63) is 53.6 Å². The first kappa shape index (κ1) is 12.8. The summed E-state index contributed by atoms with van der Waals surface area (Å²) in [4.78, 5) is 10.6. The van der Waals surface area contributed by atoms with Gasteiger partial charge in [0.25, 0.3) is 0 Å². The minimum absolute atomic E-state index is 0.159. The van der Waals surface area contributed by atoms with Crippen molar-refractivity contribution in [2.75, 3.05) is 11.1 Å². The molecule has 0 amide bonds. The molecule has 98 valence electrons. The molecule has 0 unspecified atom stereocenters. The second kappa shape index (κ2) is 4.93. The Morgan fingerprint density at radius 1 is 1.16 bits per heavy atom. The highest BCUT2D eigenvalue weighted by Crippen LogP contribution is 2.25. The maximum absolute atomic E-state index is 13.7. The number of nitrogen functional groups attached to an aromatic ring is 1. The lowest BCUT2D eigenvalue weighted by atomic mass is 10.1. The minimum atomic E-state index is -1.52. The molecule has 19 heavy (non-hydrogen) atoms. The lowest BCUT2D eigenvalue weighted by Gasteiger charge is -2.09. The molecule has 0 saturated carbocycles. The Labute approximate surface area is 107 Å². The van der Waals surface area contributed by atoms with Crippen LogP contribution in [0.5, 0.6) is 0 Å². The van der Waals surface area contributed by atoms with Crippen LogP contribution in [0.1, 0.15) is 10.4 Å². The summed E-state index contributed by atoms with van der Waals surface area (Å²) in [6, 6.07) is 8.62. The second-order valence-electron chi connectivity index (χ2n) is 3.84. The molecule has 2 aromatic rings. The number of carboxylic acid groups (broad SMARTS) is 1. The van der Waals surface area contributed by atoms with E-state index in [-0.39, 0.29) is 5.69 Å². The molecule has 0 bridgehead atoms. The number of carboxylic acids is 1. The van der Waals surface area contributed by atoms with Gasteiger partial charge in [0.15, 0.2) is 11.6 Å². The maximum atomic E-state index is 13.7. The van der Waals surface area contributed by atoms with Gasteiger partial charge in [-0.05, 0) is 30.3 Å². The molecule has 0 saturated heterocycles. The van der Waals surface area contributed by atoms with Crippen molar-refractivity contribution in [3.63, 3.8) is 0 Å². The van der Waals surface area contributed by atoms with Crippen LogP contribution in [-0.4, -0.2) is 11.1 Å². The highest BCUT2D eigenvalue weighted by molar-refractivity contribution is 5.88. The van der Waals surface area contributed by atoms with Crippen LogP contribution >= 0.6 is 0 Å². The number of anilines is 3. The van der Waals surface area contributed by atoms with Gasteiger partial charge in [0.2, 0.25) is 0 Å². The summed E-state index contributed by atoms with van der Waals surface area (Å²) in [6.45, 7) is 0. The molecule has 0 aliphatic heterocycles. The smallest absolute Gasteiger partial charge is 0.338 e. The quantitative estimate of drug-likeness (QED) is 0.745. The van der Waals surface area contributed by atoms with Gasteiger partial charge in [-0.1, -0.05) is 6.07 Å². The van der Waals surface area contributed by atoms with Gasteiger partial charge in [-0.15, -0.1) is 0 Å². The molecule has 4 nitrogen and oxygen atoms in total. The van der Waals surface area contributed by atoms with Gasteiger partial charge in [0, 0.05) is 11.4 Å². The molecule has 0 aliphatic rings. The average molecular weight is 264 g/mol. The largest absolute Gasteiger partial charge is 0.478 e. The lowest BCUT2D eigenvalue weighted by Crippen LogP contribution is -2.05. The number of aromatic carboxylic acids is 1. The number of hydrogen-bond acceptors (Lipinski definition) is 3. The van der Waals surface area contributed by atoms with Gasteiger partial charge in [-0.3, -0.25) is 0 Å². The summed E-state index contributed by atoms with van der Waals surface area (Å²) in [5.41, 5.74) is 5.63. The van der Waals surface area contributed by atoms with E-state index < -0.39 is 23.2 Å². The Morgan fingerprint density at radius 3 is 2.53 bits per heavy atom. The Bertz CT molecular complexity index is 645. The first-order valence-corrected chi connectivity index (χ1v) is 5.33. The predicted molar refractivity (Wildman–Crippen MR) is 67.5 cm³/mol. The van der Waals surface area contributed by atoms with E-state index in [2.05, 4.69) is 5.32 Å². The Morgan fingerprint density at radius 2 is 1.89 bits per heavy atom. The van der Waals surface area contributed by atoms with E-state index in [0.29, 0.717) is 11.4 Å². The molecular formula is C13H10F2N2O2. The van der Waals surface area contributed by atoms with E-state index in [1.165, 1.54) is 0 Å². The van der Waals surface area contributed by atoms with E-state index in [9.17, 15) is 13.6 Å². The fraction of sp³-hybridized carbons (Fsp3) is 0. The molecule has 2 rings (SSSR count). The highest BCUT2D eigenvalue weighted by atomic mass is 19.2. The predicted octanol–water partition coefficient (Wildman–Crippen LogP) is 2.99. The van der Waals surface area contributed by atoms with Crippen molar-refractivity contribution in [2.24, 2.45) is 0 Å². The van der Waals surface area contributed by atoms with Crippen molar-refractivity contribution in [3.8, 4) is 0 Å². The van der Waals surface area contributed by atoms with Crippen molar-refractivity contribution in [1.82, 2.24) is 0 Å². The molecule has 0 fully saturated rings. The number of benzene rings is 2. The molecule has 6 heteroatoms. The first-order chi connectivity index (χ1) is 8.99. The molecule has 0 heterocycles.